The molecule has 4 fully saturated rings. The maximum absolute atomic E-state index is 16.0. The number of carbonyl (C=O) groups is 5. The number of hydrogen-bond acceptors (Lipinski definition) is 23. The highest BCUT2D eigenvalue weighted by Gasteiger charge is 2.53. The molecular formula is C70H106N6O19. The summed E-state index contributed by atoms with van der Waals surface area (Å²) in [5.41, 5.74) is 0.388. The van der Waals surface area contributed by atoms with E-state index >= 15 is 9.59 Å². The summed E-state index contributed by atoms with van der Waals surface area (Å²) in [6.07, 6.45) is -13.8. The van der Waals surface area contributed by atoms with Crippen molar-refractivity contribution in [3.8, 4) is 0 Å². The molecule has 0 unspecified atom stereocenters. The van der Waals surface area contributed by atoms with Crippen LogP contribution in [0.1, 0.15) is 140 Å². The number of aryl methyl sites for hydroxylation is 1. The lowest BCUT2D eigenvalue weighted by Gasteiger charge is -2.45. The average Bonchev–Trinajstić information content (AvgIpc) is 1.01. The third kappa shape index (κ3) is 20.4. The van der Waals surface area contributed by atoms with E-state index in [-0.39, 0.29) is 62.4 Å². The number of ether oxygens (including phenoxy) is 11. The molecule has 0 spiro atoms. The number of Topliss-reactive ketones (excluding diaryl/α,β-unsaturated/α-hetero) is 1. The van der Waals surface area contributed by atoms with Crippen molar-refractivity contribution in [3.05, 3.63) is 65.9 Å². The van der Waals surface area contributed by atoms with Crippen molar-refractivity contribution in [1.29, 1.82) is 0 Å². The van der Waals surface area contributed by atoms with E-state index in [2.05, 4.69) is 37.6 Å². The molecule has 2 aromatic heterocycles. The molecule has 4 aliphatic rings. The molecule has 7 rings (SSSR count). The number of aromatic nitrogens is 2. The summed E-state index contributed by atoms with van der Waals surface area (Å²) < 4.78 is 71.3. The smallest absolute Gasteiger partial charge is 0.408 e. The summed E-state index contributed by atoms with van der Waals surface area (Å²) >= 11 is 0. The van der Waals surface area contributed by atoms with Crippen LogP contribution in [0.4, 0.5) is 10.6 Å². The number of ketones is 1. The highest BCUT2D eigenvalue weighted by atomic mass is 16.7. The van der Waals surface area contributed by atoms with Gasteiger partial charge >= 0.3 is 18.0 Å². The van der Waals surface area contributed by atoms with Crippen LogP contribution in [0.5, 0.6) is 0 Å². The molecule has 2 amide bonds. The number of anilines is 1. The van der Waals surface area contributed by atoms with Crippen LogP contribution in [0.3, 0.4) is 0 Å². The van der Waals surface area contributed by atoms with Crippen LogP contribution in [-0.4, -0.2) is 199 Å². The Balaban J connectivity index is 1.28. The minimum Gasteiger partial charge on any atom is -0.461 e. The lowest BCUT2D eigenvalue weighted by atomic mass is 9.74. The van der Waals surface area contributed by atoms with Crippen molar-refractivity contribution in [2.24, 2.45) is 46.6 Å². The standard InChI is InChI=1S/C70H106N6O19/c1-37(2)30-54(78)91-60-45(10)59(39(4)36-87-68-63(85-16)62(84-15)56(79)48(13)90-68)93-66(82)47(12)61(92-55-31-41(6)76(35-43(8)88-55)29-21-24-53(77)73-52-28-27-50-26-25-40(5)72-65(50)74-52)44(9)58(94-67-57(80)51(75-86-17)32-42(7)89-67)38(3)33-70(14,64(81)46(60)11)95-69(83)71-34-49-22-19-18-20-23-49/h18-20,22-23,25-28,37-39,41-48,55-63,67-68,79-80H,21,24,29-36H2,1-17H3,(H,71,83)(H,72,73,74,77)/t38-,39-,41-,42+,43-,44+,45-,46+,47+,48+,55-,56+,57+,58-,59+,60+,61-,62+,63+,67-,68+,70-/m0/s1. The summed E-state index contributed by atoms with van der Waals surface area (Å²) in [5, 5.41) is 33.8. The third-order valence-electron chi connectivity index (χ3n) is 18.8. The zero-order chi connectivity index (χ0) is 69.6. The molecule has 4 saturated heterocycles. The molecule has 22 atom stereocenters. The van der Waals surface area contributed by atoms with Crippen molar-refractivity contribution in [3.63, 3.8) is 0 Å². The van der Waals surface area contributed by atoms with Gasteiger partial charge in [-0.1, -0.05) is 84.0 Å². The van der Waals surface area contributed by atoms with Gasteiger partial charge < -0.3 is 77.8 Å². The molecule has 1 aromatic carbocycles. The van der Waals surface area contributed by atoms with Crippen molar-refractivity contribution >= 4 is 52.3 Å². The van der Waals surface area contributed by atoms with E-state index in [1.165, 1.54) is 28.3 Å². The number of nitrogens with one attached hydrogen (secondary N) is 2. The Kier molecular flexibility index (Phi) is 28.3. The van der Waals surface area contributed by atoms with Crippen molar-refractivity contribution < 1.29 is 91.1 Å². The molecule has 0 saturated carbocycles. The molecule has 0 bridgehead atoms. The predicted molar refractivity (Wildman–Crippen MR) is 351 cm³/mol. The van der Waals surface area contributed by atoms with Gasteiger partial charge in [-0.25, -0.2) is 14.8 Å². The largest absolute Gasteiger partial charge is 0.461 e. The summed E-state index contributed by atoms with van der Waals surface area (Å²) in [6.45, 7) is 26.0. The van der Waals surface area contributed by atoms with Crippen LogP contribution in [0.25, 0.3) is 11.0 Å². The highest BCUT2D eigenvalue weighted by molar-refractivity contribution is 5.92. The Bertz CT molecular complexity index is 3020. The number of fused-ring (bicyclic) bond motifs is 1. The molecule has 25 heteroatoms. The zero-order valence-electron chi connectivity index (χ0n) is 58.6. The number of rotatable bonds is 22. The number of benzene rings is 1. The Morgan fingerprint density at radius 3 is 2.19 bits per heavy atom. The van der Waals surface area contributed by atoms with Gasteiger partial charge in [0, 0.05) is 87.9 Å². The van der Waals surface area contributed by atoms with Crippen molar-refractivity contribution in [2.75, 3.05) is 46.3 Å². The van der Waals surface area contributed by atoms with Crippen LogP contribution >= 0.6 is 0 Å². The van der Waals surface area contributed by atoms with Crippen LogP contribution in [-0.2, 0) is 82.7 Å². The van der Waals surface area contributed by atoms with Gasteiger partial charge in [-0.2, -0.15) is 0 Å². The highest BCUT2D eigenvalue weighted by Crippen LogP contribution is 2.41. The molecule has 4 aliphatic heterocycles. The number of hydrogen-bond donors (Lipinski definition) is 4. The van der Waals surface area contributed by atoms with Gasteiger partial charge in [0.1, 0.15) is 49.6 Å². The van der Waals surface area contributed by atoms with Crippen LogP contribution in [0.15, 0.2) is 59.8 Å². The lowest BCUT2D eigenvalue weighted by Crippen LogP contribution is -2.59. The second-order valence-corrected chi connectivity index (χ2v) is 27.4. The van der Waals surface area contributed by atoms with Gasteiger partial charge in [0.15, 0.2) is 35.9 Å². The molecule has 0 aliphatic carbocycles. The fraction of sp³-hybridized carbons (Fsp3) is 0.714. The second-order valence-electron chi connectivity index (χ2n) is 27.4. The lowest BCUT2D eigenvalue weighted by molar-refractivity contribution is -0.305. The van der Waals surface area contributed by atoms with Gasteiger partial charge in [-0.05, 0) is 110 Å². The van der Waals surface area contributed by atoms with Crippen LogP contribution in [0.2, 0.25) is 0 Å². The van der Waals surface area contributed by atoms with E-state index in [1.807, 2.05) is 90.1 Å². The van der Waals surface area contributed by atoms with Gasteiger partial charge in [0.05, 0.1) is 54.7 Å². The van der Waals surface area contributed by atoms with E-state index in [9.17, 15) is 24.6 Å². The SMILES string of the molecule is CON=C1C[C@@H](C)O[C@@H](O[C@@H]2[C@@H](C)[C@H](O[C@H]3C[C@H](C)N(CCCC(=O)Nc4ccc5ccc(C)nc5n4)C[C@H](C)O3)[C@@H](C)C(=O)O[C@H]([C@@H](C)CO[C@@H]3O[C@H](C)[C@@H](O)[C@@H](OC)[C@H]3OC)[C@H](C)[C@@H](OC(=O)CC(C)C)[C@@H](C)C(=O)[C@@](C)(OC(=O)NCc3ccccc3)C[C@@H]2C)[C@@H]1O. The number of methoxy groups -OCH3 is 2. The average molecular weight is 1340 g/mol. The van der Waals surface area contributed by atoms with E-state index in [0.29, 0.717) is 37.4 Å². The van der Waals surface area contributed by atoms with E-state index in [4.69, 9.17) is 56.9 Å². The molecule has 530 valence electrons. The maximum atomic E-state index is 16.0. The summed E-state index contributed by atoms with van der Waals surface area (Å²) in [7, 11) is 4.27. The molecule has 95 heavy (non-hydrogen) atoms. The number of amides is 2. The number of aliphatic hydroxyl groups is 2. The summed E-state index contributed by atoms with van der Waals surface area (Å²) in [4.78, 5) is 90.1. The van der Waals surface area contributed by atoms with Crippen LogP contribution in [0, 0.1) is 48.3 Å². The molecule has 3 aromatic rings. The minimum atomic E-state index is -2.01. The summed E-state index contributed by atoms with van der Waals surface area (Å²) in [5.74, 6) is -7.62. The first-order valence-electron chi connectivity index (χ1n) is 33.7. The Morgan fingerprint density at radius 1 is 0.800 bits per heavy atom. The third-order valence-corrected chi connectivity index (χ3v) is 18.8. The summed E-state index contributed by atoms with van der Waals surface area (Å²) in [6, 6.07) is 16.5. The topological polar surface area (TPSA) is 302 Å². The number of nitrogens with zero attached hydrogens (tertiary/aromatic N) is 4. The molecule has 6 heterocycles. The number of pyridine rings is 2. The zero-order valence-corrected chi connectivity index (χ0v) is 58.6. The Hall–Kier alpha value is -5.84. The van der Waals surface area contributed by atoms with Gasteiger partial charge in [0.2, 0.25) is 5.91 Å². The van der Waals surface area contributed by atoms with Gasteiger partial charge in [-0.15, -0.1) is 0 Å². The second kappa shape index (κ2) is 35.1. The number of cyclic esters (lactones) is 1. The number of carbonyl (C=O) groups excluding carboxylic acids is 5. The number of alkyl carbamates (subject to hydrolysis) is 1. The first kappa shape index (κ1) is 76.5. The Labute approximate surface area is 559 Å². The normalized spacial score (nSPS) is 34.8. The molecule has 0 radical (unpaired) electrons. The predicted octanol–water partition coefficient (Wildman–Crippen LogP) is 8.25. The van der Waals surface area contributed by atoms with Crippen molar-refractivity contribution in [2.45, 2.75) is 240 Å². The Morgan fingerprint density at radius 2 is 1.51 bits per heavy atom. The minimum absolute atomic E-state index is 0.0162. The van der Waals surface area contributed by atoms with Gasteiger partial charge in [0.25, 0.3) is 0 Å². The molecule has 25 nitrogen and oxygen atoms in total. The van der Waals surface area contributed by atoms with E-state index in [1.54, 1.807) is 47.6 Å². The van der Waals surface area contributed by atoms with E-state index < -0.39 is 151 Å². The number of esters is 2. The first-order valence-corrected chi connectivity index (χ1v) is 33.7. The van der Waals surface area contributed by atoms with Crippen molar-refractivity contribution in [1.82, 2.24) is 20.2 Å². The quantitative estimate of drug-likeness (QED) is 0.0418. The molecular weight excluding hydrogens is 1230 g/mol. The number of oxime groups is 1. The fourth-order valence-corrected chi connectivity index (χ4v) is 13.8. The first-order chi connectivity index (χ1) is 45.0. The molecule has 4 N–H and O–H groups in total. The van der Waals surface area contributed by atoms with Crippen LogP contribution < -0.4 is 10.6 Å². The number of aliphatic hydroxyl groups excluding tert-OH is 2. The maximum Gasteiger partial charge on any atom is 0.408 e. The van der Waals surface area contributed by atoms with Gasteiger partial charge in [-0.3, -0.25) is 24.1 Å². The fourth-order valence-electron chi connectivity index (χ4n) is 13.8. The monoisotopic (exact) mass is 1330 g/mol. The van der Waals surface area contributed by atoms with E-state index in [0.717, 1.165) is 16.6 Å².